The van der Waals surface area contributed by atoms with Gasteiger partial charge in [-0.25, -0.2) is 8.42 Å². The molecule has 0 aromatic heterocycles. The Morgan fingerprint density at radius 3 is 2.50 bits per heavy atom. The molecule has 0 aliphatic heterocycles. The van der Waals surface area contributed by atoms with Crippen LogP contribution in [0.4, 0.5) is 0 Å². The first-order valence-electron chi connectivity index (χ1n) is 4.96. The Balaban J connectivity index is 3.26. The van der Waals surface area contributed by atoms with Crippen LogP contribution in [0, 0.1) is 0 Å². The molecule has 0 fully saturated rings. The van der Waals surface area contributed by atoms with Crippen LogP contribution in [-0.2, 0) is 14.8 Å². The van der Waals surface area contributed by atoms with Crippen LogP contribution < -0.4 is 0 Å². The van der Waals surface area contributed by atoms with Gasteiger partial charge in [0.1, 0.15) is 6.54 Å². The quantitative estimate of drug-likeness (QED) is 0.822. The second-order valence-corrected chi connectivity index (χ2v) is 7.08. The highest BCUT2D eigenvalue weighted by atomic mass is 79.9. The Kier molecular flexibility index (Phi) is 5.32. The largest absolute Gasteiger partial charge is 0.480 e. The number of halogens is 2. The van der Waals surface area contributed by atoms with Crippen LogP contribution in [0.2, 0.25) is 0 Å². The van der Waals surface area contributed by atoms with E-state index in [2.05, 4.69) is 31.9 Å². The monoisotopic (exact) mass is 399 g/mol. The first-order chi connectivity index (χ1) is 8.28. The van der Waals surface area contributed by atoms with Gasteiger partial charge in [-0.15, -0.1) is 0 Å². The minimum atomic E-state index is -3.82. The van der Waals surface area contributed by atoms with Gasteiger partial charge in [0.25, 0.3) is 0 Å². The maximum atomic E-state index is 12.3. The molecule has 0 aliphatic rings. The third-order valence-corrected chi connectivity index (χ3v) is 5.58. The SMILES string of the molecule is CCN(CC(=O)O)S(=O)(=O)c1cc(Br)ccc1Br. The maximum Gasteiger partial charge on any atom is 0.318 e. The smallest absolute Gasteiger partial charge is 0.318 e. The summed E-state index contributed by atoms with van der Waals surface area (Å²) >= 11 is 6.35. The zero-order valence-corrected chi connectivity index (χ0v) is 13.4. The van der Waals surface area contributed by atoms with Crippen LogP contribution in [0.5, 0.6) is 0 Å². The molecule has 0 amide bonds. The average Bonchev–Trinajstić information content (AvgIpc) is 2.28. The number of aliphatic carboxylic acids is 1. The van der Waals surface area contributed by atoms with Gasteiger partial charge in [0.15, 0.2) is 0 Å². The van der Waals surface area contributed by atoms with Crippen molar-refractivity contribution in [1.82, 2.24) is 4.31 Å². The Bertz CT molecular complexity index is 559. The minimum absolute atomic E-state index is 0.0416. The number of sulfonamides is 1. The Morgan fingerprint density at radius 1 is 1.39 bits per heavy atom. The molecule has 0 atom stereocenters. The fourth-order valence-electron chi connectivity index (χ4n) is 1.33. The molecule has 1 rings (SSSR count). The molecule has 0 aliphatic carbocycles. The van der Waals surface area contributed by atoms with Gasteiger partial charge in [-0.05, 0) is 34.1 Å². The molecule has 1 N–H and O–H groups in total. The first-order valence-corrected chi connectivity index (χ1v) is 7.98. The van der Waals surface area contributed by atoms with Crippen LogP contribution in [-0.4, -0.2) is 36.9 Å². The molecular weight excluding hydrogens is 390 g/mol. The van der Waals surface area contributed by atoms with E-state index in [0.717, 1.165) is 4.31 Å². The Labute approximate surface area is 122 Å². The number of rotatable bonds is 5. The molecule has 8 heteroatoms. The summed E-state index contributed by atoms with van der Waals surface area (Å²) < 4.78 is 26.5. The molecule has 18 heavy (non-hydrogen) atoms. The lowest BCUT2D eigenvalue weighted by atomic mass is 10.4. The van der Waals surface area contributed by atoms with Crippen LogP contribution in [0.3, 0.4) is 0 Å². The van der Waals surface area contributed by atoms with Gasteiger partial charge in [-0.1, -0.05) is 22.9 Å². The molecule has 1 aromatic carbocycles. The number of hydrogen-bond donors (Lipinski definition) is 1. The summed E-state index contributed by atoms with van der Waals surface area (Å²) in [5.74, 6) is -1.19. The number of carboxylic acid groups (broad SMARTS) is 1. The highest BCUT2D eigenvalue weighted by Gasteiger charge is 2.27. The third-order valence-electron chi connectivity index (χ3n) is 2.18. The van der Waals surface area contributed by atoms with Crippen molar-refractivity contribution in [1.29, 1.82) is 0 Å². The van der Waals surface area contributed by atoms with Crippen LogP contribution >= 0.6 is 31.9 Å². The van der Waals surface area contributed by atoms with Crippen molar-refractivity contribution < 1.29 is 18.3 Å². The lowest BCUT2D eigenvalue weighted by molar-refractivity contribution is -0.137. The van der Waals surface area contributed by atoms with E-state index in [4.69, 9.17) is 5.11 Å². The van der Waals surface area contributed by atoms with E-state index in [1.807, 2.05) is 0 Å². The maximum absolute atomic E-state index is 12.3. The molecule has 0 spiro atoms. The van der Waals surface area contributed by atoms with Crippen molar-refractivity contribution >= 4 is 47.9 Å². The van der Waals surface area contributed by atoms with Gasteiger partial charge in [-0.3, -0.25) is 4.79 Å². The standard InChI is InChI=1S/C10H11Br2NO4S/c1-2-13(6-10(14)15)18(16,17)9-5-7(11)3-4-8(9)12/h3-5H,2,6H2,1H3,(H,14,15). The fourth-order valence-corrected chi connectivity index (χ4v) is 4.19. The molecule has 0 heterocycles. The predicted octanol–water partition coefficient (Wildman–Crippen LogP) is 2.31. The van der Waals surface area contributed by atoms with E-state index in [-0.39, 0.29) is 11.4 Å². The van der Waals surface area contributed by atoms with E-state index in [9.17, 15) is 13.2 Å². The number of nitrogens with zero attached hydrogens (tertiary/aromatic N) is 1. The second kappa shape index (κ2) is 6.14. The Morgan fingerprint density at radius 2 is 2.00 bits per heavy atom. The molecule has 1 aromatic rings. The summed E-state index contributed by atoms with van der Waals surface area (Å²) in [6, 6.07) is 4.71. The van der Waals surface area contributed by atoms with E-state index in [1.165, 1.54) is 6.07 Å². The highest BCUT2D eigenvalue weighted by Crippen LogP contribution is 2.28. The van der Waals surface area contributed by atoms with E-state index in [1.54, 1.807) is 19.1 Å². The van der Waals surface area contributed by atoms with Gasteiger partial charge >= 0.3 is 5.97 Å². The zero-order chi connectivity index (χ0) is 13.9. The lowest BCUT2D eigenvalue weighted by Crippen LogP contribution is -2.35. The third kappa shape index (κ3) is 3.53. The molecule has 0 bridgehead atoms. The van der Waals surface area contributed by atoms with Crippen molar-refractivity contribution in [2.45, 2.75) is 11.8 Å². The molecular formula is C10H11Br2NO4S. The topological polar surface area (TPSA) is 74.7 Å². The van der Waals surface area contributed by atoms with Crippen molar-refractivity contribution in [2.75, 3.05) is 13.1 Å². The summed E-state index contributed by atoms with van der Waals surface area (Å²) in [5.41, 5.74) is 0. The van der Waals surface area contributed by atoms with Gasteiger partial charge in [-0.2, -0.15) is 4.31 Å². The number of carboxylic acids is 1. The summed E-state index contributed by atoms with van der Waals surface area (Å²) in [4.78, 5) is 10.7. The minimum Gasteiger partial charge on any atom is -0.480 e. The number of benzene rings is 1. The first kappa shape index (κ1) is 15.6. The summed E-state index contributed by atoms with van der Waals surface area (Å²) in [7, 11) is -3.82. The van der Waals surface area contributed by atoms with E-state index >= 15 is 0 Å². The zero-order valence-electron chi connectivity index (χ0n) is 9.43. The molecule has 0 unspecified atom stereocenters. The molecule has 0 radical (unpaired) electrons. The summed E-state index contributed by atoms with van der Waals surface area (Å²) in [6.07, 6.45) is 0. The highest BCUT2D eigenvalue weighted by molar-refractivity contribution is 9.11. The number of carbonyl (C=O) groups is 1. The lowest BCUT2D eigenvalue weighted by Gasteiger charge is -2.19. The average molecular weight is 401 g/mol. The van der Waals surface area contributed by atoms with Gasteiger partial charge in [0, 0.05) is 15.5 Å². The number of likely N-dealkylation sites (N-methyl/N-ethyl adjacent to an activating group) is 1. The van der Waals surface area contributed by atoms with Gasteiger partial charge in [0.2, 0.25) is 10.0 Å². The molecule has 5 nitrogen and oxygen atoms in total. The molecule has 100 valence electrons. The van der Waals surface area contributed by atoms with Crippen LogP contribution in [0.1, 0.15) is 6.92 Å². The molecule has 0 saturated carbocycles. The van der Waals surface area contributed by atoms with Crippen molar-refractivity contribution in [3.05, 3.63) is 27.1 Å². The van der Waals surface area contributed by atoms with Crippen molar-refractivity contribution in [3.63, 3.8) is 0 Å². The summed E-state index contributed by atoms with van der Waals surface area (Å²) in [5, 5.41) is 8.72. The van der Waals surface area contributed by atoms with Crippen LogP contribution in [0.25, 0.3) is 0 Å². The Hall–Kier alpha value is -0.440. The van der Waals surface area contributed by atoms with Crippen molar-refractivity contribution in [2.24, 2.45) is 0 Å². The van der Waals surface area contributed by atoms with E-state index < -0.39 is 22.5 Å². The fraction of sp³-hybridized carbons (Fsp3) is 0.300. The van der Waals surface area contributed by atoms with Crippen molar-refractivity contribution in [3.8, 4) is 0 Å². The number of hydrogen-bond acceptors (Lipinski definition) is 3. The second-order valence-electron chi connectivity index (χ2n) is 3.40. The molecule has 0 saturated heterocycles. The normalized spacial score (nSPS) is 11.8. The van der Waals surface area contributed by atoms with Gasteiger partial charge < -0.3 is 5.11 Å². The summed E-state index contributed by atoms with van der Waals surface area (Å²) in [6.45, 7) is 1.12. The van der Waals surface area contributed by atoms with Crippen LogP contribution in [0.15, 0.2) is 32.0 Å². The van der Waals surface area contributed by atoms with Gasteiger partial charge in [0.05, 0.1) is 4.90 Å². The van der Waals surface area contributed by atoms with E-state index in [0.29, 0.717) is 8.95 Å². The predicted molar refractivity (Wildman–Crippen MR) is 73.9 cm³/mol.